The molecule has 0 radical (unpaired) electrons. The third-order valence-electron chi connectivity index (χ3n) is 1.09. The van der Waals surface area contributed by atoms with Crippen LogP contribution in [0.15, 0.2) is 12.3 Å². The second-order valence-electron chi connectivity index (χ2n) is 1.91. The van der Waals surface area contributed by atoms with Crippen molar-refractivity contribution in [3.63, 3.8) is 0 Å². The Labute approximate surface area is 67.4 Å². The van der Waals surface area contributed by atoms with Crippen molar-refractivity contribution in [2.45, 2.75) is 13.2 Å². The van der Waals surface area contributed by atoms with E-state index in [4.69, 9.17) is 5.73 Å². The molecule has 12 heavy (non-hydrogen) atoms. The standard InChI is InChI=1S/C6H7F2N3O/c7-5(8)12-6-10-2-1-4(3-9)11-6/h1-2,5H,3,9H2. The zero-order valence-electron chi connectivity index (χ0n) is 6.08. The molecule has 1 aromatic heterocycles. The normalized spacial score (nSPS) is 10.3. The Morgan fingerprint density at radius 1 is 1.58 bits per heavy atom. The smallest absolute Gasteiger partial charge is 0.389 e. The molecule has 0 fully saturated rings. The Balaban J connectivity index is 2.72. The van der Waals surface area contributed by atoms with Crippen molar-refractivity contribution < 1.29 is 13.5 Å². The molecule has 4 nitrogen and oxygen atoms in total. The summed E-state index contributed by atoms with van der Waals surface area (Å²) in [5, 5.41) is 0. The van der Waals surface area contributed by atoms with Crippen LogP contribution < -0.4 is 10.5 Å². The lowest BCUT2D eigenvalue weighted by molar-refractivity contribution is -0.0562. The van der Waals surface area contributed by atoms with Gasteiger partial charge in [-0.3, -0.25) is 0 Å². The molecule has 1 aromatic rings. The van der Waals surface area contributed by atoms with E-state index in [2.05, 4.69) is 14.7 Å². The molecule has 66 valence electrons. The molecular weight excluding hydrogens is 168 g/mol. The average molecular weight is 175 g/mol. The molecule has 0 atom stereocenters. The van der Waals surface area contributed by atoms with Gasteiger partial charge < -0.3 is 10.5 Å². The maximum Gasteiger partial charge on any atom is 0.389 e. The first kappa shape index (κ1) is 8.79. The zero-order valence-corrected chi connectivity index (χ0v) is 6.08. The van der Waals surface area contributed by atoms with Gasteiger partial charge in [-0.2, -0.15) is 13.8 Å². The Hall–Kier alpha value is -1.30. The van der Waals surface area contributed by atoms with Gasteiger partial charge >= 0.3 is 12.6 Å². The maximum absolute atomic E-state index is 11.6. The van der Waals surface area contributed by atoms with E-state index in [0.717, 1.165) is 0 Å². The van der Waals surface area contributed by atoms with Crippen LogP contribution in [0.25, 0.3) is 0 Å². The van der Waals surface area contributed by atoms with Crippen molar-refractivity contribution in [2.75, 3.05) is 0 Å². The highest BCUT2D eigenvalue weighted by Crippen LogP contribution is 2.06. The highest BCUT2D eigenvalue weighted by molar-refractivity contribution is 5.04. The van der Waals surface area contributed by atoms with Gasteiger partial charge in [0, 0.05) is 12.7 Å². The lowest BCUT2D eigenvalue weighted by Gasteiger charge is -2.02. The van der Waals surface area contributed by atoms with Crippen molar-refractivity contribution >= 4 is 0 Å². The third-order valence-corrected chi connectivity index (χ3v) is 1.09. The molecule has 1 heterocycles. The Morgan fingerprint density at radius 2 is 2.33 bits per heavy atom. The number of rotatable bonds is 3. The molecule has 0 bridgehead atoms. The van der Waals surface area contributed by atoms with Crippen molar-refractivity contribution in [2.24, 2.45) is 5.73 Å². The van der Waals surface area contributed by atoms with Gasteiger partial charge in [0.25, 0.3) is 0 Å². The van der Waals surface area contributed by atoms with Crippen molar-refractivity contribution in [3.8, 4) is 6.01 Å². The van der Waals surface area contributed by atoms with Crippen LogP contribution in [0.2, 0.25) is 0 Å². The van der Waals surface area contributed by atoms with Crippen LogP contribution in [0, 0.1) is 0 Å². The van der Waals surface area contributed by atoms with Gasteiger partial charge in [-0.05, 0) is 6.07 Å². The Morgan fingerprint density at radius 3 is 2.92 bits per heavy atom. The second-order valence-corrected chi connectivity index (χ2v) is 1.91. The molecule has 0 aliphatic heterocycles. The van der Waals surface area contributed by atoms with Gasteiger partial charge in [-0.1, -0.05) is 0 Å². The minimum Gasteiger partial charge on any atom is -0.401 e. The summed E-state index contributed by atoms with van der Waals surface area (Å²) in [7, 11) is 0. The summed E-state index contributed by atoms with van der Waals surface area (Å²) in [5.41, 5.74) is 5.68. The first-order valence-corrected chi connectivity index (χ1v) is 3.19. The molecule has 1 rings (SSSR count). The van der Waals surface area contributed by atoms with Gasteiger partial charge in [-0.15, -0.1) is 0 Å². The van der Waals surface area contributed by atoms with Gasteiger partial charge in [0.05, 0.1) is 5.69 Å². The predicted octanol–water partition coefficient (Wildman–Crippen LogP) is 0.537. The lowest BCUT2D eigenvalue weighted by Crippen LogP contribution is -2.07. The van der Waals surface area contributed by atoms with E-state index in [9.17, 15) is 8.78 Å². The summed E-state index contributed by atoms with van der Waals surface area (Å²) < 4.78 is 27.2. The summed E-state index contributed by atoms with van der Waals surface area (Å²) in [6.07, 6.45) is 1.31. The van der Waals surface area contributed by atoms with Crippen LogP contribution in [-0.4, -0.2) is 16.6 Å². The molecule has 0 aliphatic rings. The van der Waals surface area contributed by atoms with E-state index >= 15 is 0 Å². The summed E-state index contributed by atoms with van der Waals surface area (Å²) in [6.45, 7) is -2.74. The van der Waals surface area contributed by atoms with Gasteiger partial charge in [-0.25, -0.2) is 4.98 Å². The number of ether oxygens (including phenoxy) is 1. The first-order chi connectivity index (χ1) is 5.72. The fraction of sp³-hybridized carbons (Fsp3) is 0.333. The SMILES string of the molecule is NCc1ccnc(OC(F)F)n1. The van der Waals surface area contributed by atoms with Crippen LogP contribution >= 0.6 is 0 Å². The lowest BCUT2D eigenvalue weighted by atomic mass is 10.4. The van der Waals surface area contributed by atoms with Gasteiger partial charge in [0.2, 0.25) is 0 Å². The number of nitrogens with two attached hydrogens (primary N) is 1. The molecule has 0 aromatic carbocycles. The highest BCUT2D eigenvalue weighted by Gasteiger charge is 2.06. The van der Waals surface area contributed by atoms with Crippen LogP contribution in [-0.2, 0) is 6.54 Å². The van der Waals surface area contributed by atoms with E-state index in [0.29, 0.717) is 5.69 Å². The van der Waals surface area contributed by atoms with Gasteiger partial charge in [0.1, 0.15) is 0 Å². The summed E-state index contributed by atoms with van der Waals surface area (Å²) >= 11 is 0. The number of alkyl halides is 2. The van der Waals surface area contributed by atoms with Gasteiger partial charge in [0.15, 0.2) is 0 Å². The van der Waals surface area contributed by atoms with Crippen molar-refractivity contribution in [1.82, 2.24) is 9.97 Å². The zero-order chi connectivity index (χ0) is 8.97. The van der Waals surface area contributed by atoms with Crippen LogP contribution in [0.3, 0.4) is 0 Å². The molecule has 0 saturated carbocycles. The topological polar surface area (TPSA) is 61.0 Å². The van der Waals surface area contributed by atoms with Crippen molar-refractivity contribution in [3.05, 3.63) is 18.0 Å². The predicted molar refractivity (Wildman–Crippen MR) is 36.6 cm³/mol. The van der Waals surface area contributed by atoms with E-state index < -0.39 is 6.61 Å². The van der Waals surface area contributed by atoms with E-state index in [-0.39, 0.29) is 12.6 Å². The number of nitrogens with zero attached hydrogens (tertiary/aromatic N) is 2. The average Bonchev–Trinajstić information content (AvgIpc) is 2.03. The Kier molecular flexibility index (Phi) is 2.87. The highest BCUT2D eigenvalue weighted by atomic mass is 19.3. The fourth-order valence-electron chi connectivity index (χ4n) is 0.626. The molecular formula is C6H7F2N3O. The molecule has 0 unspecified atom stereocenters. The van der Waals surface area contributed by atoms with E-state index in [1.807, 2.05) is 0 Å². The summed E-state index contributed by atoms with van der Waals surface area (Å²) in [6, 6.07) is 1.17. The number of hydrogen-bond donors (Lipinski definition) is 1. The Bertz CT molecular complexity index is 256. The molecule has 0 aliphatic carbocycles. The summed E-state index contributed by atoms with van der Waals surface area (Å²) in [4.78, 5) is 7.05. The maximum atomic E-state index is 11.6. The summed E-state index contributed by atoms with van der Waals surface area (Å²) in [5.74, 6) is 0. The van der Waals surface area contributed by atoms with Crippen LogP contribution in [0.5, 0.6) is 6.01 Å². The number of halogens is 2. The minimum atomic E-state index is -2.90. The third kappa shape index (κ3) is 2.39. The number of hydrogen-bond acceptors (Lipinski definition) is 4. The molecule has 0 spiro atoms. The quantitative estimate of drug-likeness (QED) is 0.728. The number of aromatic nitrogens is 2. The monoisotopic (exact) mass is 175 g/mol. The van der Waals surface area contributed by atoms with Crippen molar-refractivity contribution in [1.29, 1.82) is 0 Å². The second kappa shape index (κ2) is 3.91. The molecule has 0 saturated heterocycles. The van der Waals surface area contributed by atoms with Crippen LogP contribution in [0.4, 0.5) is 8.78 Å². The fourth-order valence-corrected chi connectivity index (χ4v) is 0.626. The molecule has 6 heteroatoms. The molecule has 0 amide bonds. The van der Waals surface area contributed by atoms with E-state index in [1.54, 1.807) is 0 Å². The van der Waals surface area contributed by atoms with E-state index in [1.165, 1.54) is 12.3 Å². The molecule has 2 N–H and O–H groups in total. The first-order valence-electron chi connectivity index (χ1n) is 3.19. The largest absolute Gasteiger partial charge is 0.401 e. The van der Waals surface area contributed by atoms with Crippen LogP contribution in [0.1, 0.15) is 5.69 Å². The minimum absolute atomic E-state index is 0.169.